The number of carboxylic acid groups (broad SMARTS) is 2. The standard InChI is InChI=1S/C12H22O7.C4H10O2/c13-6-12(7-14,8-15)5-4-9(11(18)19)2-1-3-10(16)17;5-3-1-2-4-6/h9,13-15H,1-8H2,(H,16,17)(H,18,19);5-6H,1-4H2. The summed E-state index contributed by atoms with van der Waals surface area (Å²) in [5.41, 5.74) is -1.08. The summed E-state index contributed by atoms with van der Waals surface area (Å²) < 4.78 is 0. The van der Waals surface area contributed by atoms with E-state index >= 15 is 0 Å². The molecular formula is C16H32O9. The molecule has 1 unspecified atom stereocenters. The number of carbonyl (C=O) groups is 2. The minimum absolute atomic E-state index is 0.0884. The molecule has 0 radical (unpaired) electrons. The summed E-state index contributed by atoms with van der Waals surface area (Å²) in [4.78, 5) is 21.4. The summed E-state index contributed by atoms with van der Waals surface area (Å²) in [6.07, 6.45) is 2.18. The Labute approximate surface area is 147 Å². The number of aliphatic hydroxyl groups excluding tert-OH is 5. The number of carboxylic acids is 2. The number of hydrogen-bond acceptors (Lipinski definition) is 7. The van der Waals surface area contributed by atoms with Crippen molar-refractivity contribution in [2.75, 3.05) is 33.0 Å². The Morgan fingerprint density at radius 2 is 1.24 bits per heavy atom. The van der Waals surface area contributed by atoms with Crippen LogP contribution in [0.1, 0.15) is 44.9 Å². The Morgan fingerprint density at radius 3 is 1.56 bits per heavy atom. The number of rotatable bonds is 14. The zero-order valence-corrected chi connectivity index (χ0v) is 14.5. The van der Waals surface area contributed by atoms with Gasteiger partial charge in [-0.05, 0) is 38.5 Å². The van der Waals surface area contributed by atoms with Crippen LogP contribution in [0, 0.1) is 11.3 Å². The van der Waals surface area contributed by atoms with Gasteiger partial charge in [0, 0.05) is 25.0 Å². The maximum Gasteiger partial charge on any atom is 0.306 e. The highest BCUT2D eigenvalue weighted by Crippen LogP contribution is 2.26. The molecule has 0 saturated carbocycles. The van der Waals surface area contributed by atoms with Gasteiger partial charge >= 0.3 is 11.9 Å². The number of unbranched alkanes of at least 4 members (excludes halogenated alkanes) is 1. The molecule has 9 nitrogen and oxygen atoms in total. The minimum Gasteiger partial charge on any atom is -0.481 e. The Hall–Kier alpha value is -1.26. The van der Waals surface area contributed by atoms with E-state index in [4.69, 9.17) is 35.7 Å². The normalized spacial score (nSPS) is 12.2. The van der Waals surface area contributed by atoms with E-state index in [1.807, 2.05) is 0 Å². The highest BCUT2D eigenvalue weighted by Gasteiger charge is 2.30. The molecule has 0 amide bonds. The summed E-state index contributed by atoms with van der Waals surface area (Å²) in [6, 6.07) is 0. The van der Waals surface area contributed by atoms with Crippen molar-refractivity contribution >= 4 is 11.9 Å². The average Bonchev–Trinajstić information content (AvgIpc) is 2.59. The topological polar surface area (TPSA) is 176 Å². The van der Waals surface area contributed by atoms with E-state index in [-0.39, 0.29) is 45.3 Å². The first-order valence-electron chi connectivity index (χ1n) is 8.31. The minimum atomic E-state index is -1.08. The molecule has 0 saturated heterocycles. The van der Waals surface area contributed by atoms with Crippen LogP contribution in [-0.2, 0) is 9.59 Å². The molecule has 0 spiro atoms. The second kappa shape index (κ2) is 16.2. The molecule has 9 heteroatoms. The fraction of sp³-hybridized carbons (Fsp3) is 0.875. The van der Waals surface area contributed by atoms with E-state index < -0.39 is 43.1 Å². The van der Waals surface area contributed by atoms with Gasteiger partial charge in [-0.1, -0.05) is 0 Å². The zero-order valence-electron chi connectivity index (χ0n) is 14.5. The van der Waals surface area contributed by atoms with Crippen LogP contribution in [0.3, 0.4) is 0 Å². The molecule has 0 aromatic carbocycles. The van der Waals surface area contributed by atoms with Crippen LogP contribution in [0.15, 0.2) is 0 Å². The summed E-state index contributed by atoms with van der Waals surface area (Å²) in [7, 11) is 0. The molecule has 1 atom stereocenters. The van der Waals surface area contributed by atoms with Gasteiger partial charge in [0.15, 0.2) is 0 Å². The van der Waals surface area contributed by atoms with Crippen LogP contribution in [-0.4, -0.2) is 80.7 Å². The molecule has 0 fully saturated rings. The van der Waals surface area contributed by atoms with E-state index in [0.29, 0.717) is 0 Å². The van der Waals surface area contributed by atoms with Crippen molar-refractivity contribution in [1.29, 1.82) is 0 Å². The van der Waals surface area contributed by atoms with Gasteiger partial charge in [-0.25, -0.2) is 0 Å². The Balaban J connectivity index is 0. The highest BCUT2D eigenvalue weighted by atomic mass is 16.4. The fourth-order valence-electron chi connectivity index (χ4n) is 1.98. The first-order chi connectivity index (χ1) is 11.8. The molecule has 25 heavy (non-hydrogen) atoms. The van der Waals surface area contributed by atoms with Gasteiger partial charge < -0.3 is 35.7 Å². The quantitative estimate of drug-likeness (QED) is 0.198. The molecule has 0 heterocycles. The van der Waals surface area contributed by atoms with Crippen LogP contribution >= 0.6 is 0 Å². The highest BCUT2D eigenvalue weighted by molar-refractivity contribution is 5.70. The molecule has 0 aromatic heterocycles. The third kappa shape index (κ3) is 13.7. The summed E-state index contributed by atoms with van der Waals surface area (Å²) in [6.45, 7) is -0.897. The summed E-state index contributed by atoms with van der Waals surface area (Å²) in [5, 5.41) is 61.1. The largest absolute Gasteiger partial charge is 0.481 e. The maximum absolute atomic E-state index is 11.0. The van der Waals surface area contributed by atoms with Gasteiger partial charge in [-0.2, -0.15) is 0 Å². The van der Waals surface area contributed by atoms with E-state index in [0.717, 1.165) is 12.8 Å². The molecule has 0 rings (SSSR count). The van der Waals surface area contributed by atoms with Gasteiger partial charge in [0.25, 0.3) is 0 Å². The summed E-state index contributed by atoms with van der Waals surface area (Å²) in [5.74, 6) is -2.74. The van der Waals surface area contributed by atoms with Crippen molar-refractivity contribution in [3.63, 3.8) is 0 Å². The average molecular weight is 368 g/mol. The van der Waals surface area contributed by atoms with Crippen molar-refractivity contribution < 1.29 is 45.3 Å². The SMILES string of the molecule is O=C(O)CCCC(CCC(CO)(CO)CO)C(=O)O.OCCCCO. The van der Waals surface area contributed by atoms with Crippen LogP contribution in [0.5, 0.6) is 0 Å². The molecular weight excluding hydrogens is 336 g/mol. The number of hydrogen-bond donors (Lipinski definition) is 7. The van der Waals surface area contributed by atoms with E-state index in [2.05, 4.69) is 0 Å². The maximum atomic E-state index is 11.0. The van der Waals surface area contributed by atoms with Gasteiger partial charge in [-0.15, -0.1) is 0 Å². The number of aliphatic carboxylic acids is 2. The molecule has 0 aromatic rings. The summed E-state index contributed by atoms with van der Waals surface area (Å²) >= 11 is 0. The lowest BCUT2D eigenvalue weighted by Gasteiger charge is -2.28. The molecule has 150 valence electrons. The lowest BCUT2D eigenvalue weighted by atomic mass is 9.82. The first kappa shape index (κ1) is 26.0. The first-order valence-corrected chi connectivity index (χ1v) is 8.31. The van der Waals surface area contributed by atoms with E-state index in [1.54, 1.807) is 0 Å². The van der Waals surface area contributed by atoms with Gasteiger partial charge in [-0.3, -0.25) is 9.59 Å². The third-order valence-electron chi connectivity index (χ3n) is 3.89. The molecule has 7 N–H and O–H groups in total. The van der Waals surface area contributed by atoms with Gasteiger partial charge in [0.2, 0.25) is 0 Å². The second-order valence-corrected chi connectivity index (χ2v) is 5.99. The van der Waals surface area contributed by atoms with Crippen molar-refractivity contribution in [2.45, 2.75) is 44.9 Å². The van der Waals surface area contributed by atoms with E-state index in [9.17, 15) is 9.59 Å². The lowest BCUT2D eigenvalue weighted by Crippen LogP contribution is -2.35. The Kier molecular flexibility index (Phi) is 16.9. The van der Waals surface area contributed by atoms with Crippen molar-refractivity contribution in [3.05, 3.63) is 0 Å². The Bertz CT molecular complexity index is 330. The Morgan fingerprint density at radius 1 is 0.760 bits per heavy atom. The predicted octanol–water partition coefficient (Wildman–Crippen LogP) is -0.563. The van der Waals surface area contributed by atoms with Crippen LogP contribution in [0.2, 0.25) is 0 Å². The zero-order chi connectivity index (χ0) is 19.7. The third-order valence-corrected chi connectivity index (χ3v) is 3.89. The van der Waals surface area contributed by atoms with Crippen molar-refractivity contribution in [3.8, 4) is 0 Å². The lowest BCUT2D eigenvalue weighted by molar-refractivity contribution is -0.143. The van der Waals surface area contributed by atoms with Gasteiger partial charge in [0.1, 0.15) is 0 Å². The fourth-order valence-corrected chi connectivity index (χ4v) is 1.98. The molecule has 0 aliphatic carbocycles. The van der Waals surface area contributed by atoms with E-state index in [1.165, 1.54) is 0 Å². The monoisotopic (exact) mass is 368 g/mol. The molecule has 0 bridgehead atoms. The molecule has 0 aliphatic heterocycles. The van der Waals surface area contributed by atoms with Crippen LogP contribution in [0.25, 0.3) is 0 Å². The van der Waals surface area contributed by atoms with Gasteiger partial charge in [0.05, 0.1) is 25.7 Å². The van der Waals surface area contributed by atoms with Crippen LogP contribution in [0.4, 0.5) is 0 Å². The smallest absolute Gasteiger partial charge is 0.306 e. The van der Waals surface area contributed by atoms with Crippen molar-refractivity contribution in [2.24, 2.45) is 11.3 Å². The predicted molar refractivity (Wildman–Crippen MR) is 88.9 cm³/mol. The second-order valence-electron chi connectivity index (χ2n) is 5.99. The van der Waals surface area contributed by atoms with Crippen LogP contribution < -0.4 is 0 Å². The van der Waals surface area contributed by atoms with Crippen molar-refractivity contribution in [1.82, 2.24) is 0 Å². The molecule has 0 aliphatic rings. The number of aliphatic hydroxyl groups is 5.